The van der Waals surface area contributed by atoms with E-state index in [2.05, 4.69) is 15.1 Å². The van der Waals surface area contributed by atoms with Gasteiger partial charge in [-0.25, -0.2) is 23.5 Å². The van der Waals surface area contributed by atoms with Crippen LogP contribution in [-0.4, -0.2) is 65.3 Å². The Balaban J connectivity index is 1.59. The van der Waals surface area contributed by atoms with E-state index in [1.807, 2.05) is 5.32 Å². The van der Waals surface area contributed by atoms with Crippen molar-refractivity contribution in [2.75, 3.05) is 31.2 Å². The quantitative estimate of drug-likeness (QED) is 0.263. The fourth-order valence-electron chi connectivity index (χ4n) is 2.68. The highest BCUT2D eigenvalue weighted by Gasteiger charge is 2.25. The molecule has 1 fully saturated rings. The summed E-state index contributed by atoms with van der Waals surface area (Å²) in [4.78, 5) is 26.5. The van der Waals surface area contributed by atoms with Gasteiger partial charge in [0, 0.05) is 29.1 Å². The minimum absolute atomic E-state index is 0.130. The number of aliphatic hydroxyl groups excluding tert-OH is 1. The number of carbonyl (C=O) groups excluding carboxylic acids is 1. The number of guanidine groups is 1. The van der Waals surface area contributed by atoms with Gasteiger partial charge in [-0.15, -0.1) is 0 Å². The van der Waals surface area contributed by atoms with Crippen LogP contribution in [-0.2, 0) is 16.2 Å². The molecule has 2 aromatic rings. The number of nitrogens with zero attached hydrogens (tertiary/aromatic N) is 4. The Bertz CT molecular complexity index is 996. The molecule has 0 aliphatic carbocycles. The first-order valence-corrected chi connectivity index (χ1v) is 9.42. The van der Waals surface area contributed by atoms with Crippen LogP contribution in [0.4, 0.5) is 19.5 Å². The number of carbonyl (C=O) groups is 1. The molecule has 3 rings (SSSR count). The van der Waals surface area contributed by atoms with E-state index in [0.717, 1.165) is 0 Å². The van der Waals surface area contributed by atoms with Crippen LogP contribution in [0.3, 0.4) is 0 Å². The van der Waals surface area contributed by atoms with Crippen LogP contribution in [0.5, 0.6) is 0 Å². The maximum absolute atomic E-state index is 14.8. The molecule has 0 radical (unpaired) electrons. The van der Waals surface area contributed by atoms with E-state index in [1.165, 1.54) is 18.5 Å². The molecule has 1 aliphatic rings. The van der Waals surface area contributed by atoms with E-state index in [0.29, 0.717) is 30.3 Å². The topological polar surface area (TPSA) is 159 Å². The maximum Gasteiger partial charge on any atom is 0.414 e. The summed E-state index contributed by atoms with van der Waals surface area (Å²) in [5.74, 6) is -0.763. The van der Waals surface area contributed by atoms with Crippen molar-refractivity contribution in [2.45, 2.75) is 12.8 Å². The number of alkyl carbamates (subject to hydrolysis) is 1. The summed E-state index contributed by atoms with van der Waals surface area (Å²) >= 11 is 0. The van der Waals surface area contributed by atoms with Crippen molar-refractivity contribution in [3.63, 3.8) is 0 Å². The van der Waals surface area contributed by atoms with Crippen molar-refractivity contribution < 1.29 is 28.3 Å². The molecule has 2 heterocycles. The van der Waals surface area contributed by atoms with Crippen LogP contribution in [0, 0.1) is 11.2 Å². The highest BCUT2D eigenvalue weighted by atomic mass is 19.1. The number of hydrogen-bond donors (Lipinski definition) is 4. The molecule has 11 nitrogen and oxygen atoms in total. The second kappa shape index (κ2) is 10.4. The summed E-state index contributed by atoms with van der Waals surface area (Å²) in [5, 5.41) is 21.3. The van der Waals surface area contributed by atoms with Crippen molar-refractivity contribution in [2.24, 2.45) is 10.9 Å². The van der Waals surface area contributed by atoms with Crippen LogP contribution >= 0.6 is 0 Å². The van der Waals surface area contributed by atoms with E-state index in [9.17, 15) is 13.6 Å². The molecule has 1 aromatic carbocycles. The molecular formula is C19H21F2N7O4. The first-order valence-electron chi connectivity index (χ1n) is 9.42. The standard InChI is InChI=1S/C19H21F2N7O4/c20-13(8-29)10-32-27-14-6-28(7-14)18-24-4-12(5-25-18)15-3-1-2-11(16(15)21)9-31-19(30)26-17(22)23/h1-5,13,29H,6-10H2,(H4,22,23,26,30). The van der Waals surface area contributed by atoms with Crippen molar-refractivity contribution >= 4 is 23.7 Å². The zero-order valence-electron chi connectivity index (χ0n) is 16.8. The third-order valence-corrected chi connectivity index (χ3v) is 4.30. The Morgan fingerprint density at radius 2 is 2.09 bits per heavy atom. The largest absolute Gasteiger partial charge is 0.444 e. The summed E-state index contributed by atoms with van der Waals surface area (Å²) in [7, 11) is 0. The minimum Gasteiger partial charge on any atom is -0.444 e. The highest BCUT2D eigenvalue weighted by molar-refractivity contribution is 5.98. The van der Waals surface area contributed by atoms with E-state index in [4.69, 9.17) is 25.8 Å². The zero-order valence-corrected chi connectivity index (χ0v) is 16.8. The third kappa shape index (κ3) is 5.85. The number of aromatic nitrogens is 2. The number of aliphatic hydroxyl groups is 1. The second-order valence-electron chi connectivity index (χ2n) is 6.75. The lowest BCUT2D eigenvalue weighted by Crippen LogP contribution is -2.48. The van der Waals surface area contributed by atoms with Gasteiger partial charge in [-0.1, -0.05) is 23.4 Å². The second-order valence-corrected chi connectivity index (χ2v) is 6.75. The predicted octanol–water partition coefficient (Wildman–Crippen LogP) is 0.925. The first-order chi connectivity index (χ1) is 15.4. The van der Waals surface area contributed by atoms with Crippen molar-refractivity contribution in [3.05, 3.63) is 42.0 Å². The van der Waals surface area contributed by atoms with Crippen LogP contribution in [0.1, 0.15) is 5.56 Å². The SMILES string of the molecule is N=C(N)NC(=O)OCc1cccc(-c2cnc(N3CC(=NOCC(F)CO)C3)nc2)c1F. The molecule has 5 N–H and O–H groups in total. The van der Waals surface area contributed by atoms with E-state index in [-0.39, 0.29) is 24.3 Å². The summed E-state index contributed by atoms with van der Waals surface area (Å²) in [6.45, 7) is -0.486. The molecule has 1 saturated heterocycles. The molecule has 1 amide bonds. The van der Waals surface area contributed by atoms with Crippen molar-refractivity contribution in [1.29, 1.82) is 5.41 Å². The molecule has 170 valence electrons. The summed E-state index contributed by atoms with van der Waals surface area (Å²) in [6, 6.07) is 4.61. The van der Waals surface area contributed by atoms with Gasteiger partial charge in [-0.2, -0.15) is 0 Å². The number of oxime groups is 1. The van der Waals surface area contributed by atoms with Gasteiger partial charge >= 0.3 is 6.09 Å². The lowest BCUT2D eigenvalue weighted by Gasteiger charge is -2.31. The fraction of sp³-hybridized carbons (Fsp3) is 0.316. The Labute approximate surface area is 181 Å². The summed E-state index contributed by atoms with van der Waals surface area (Å²) < 4.78 is 32.5. The van der Waals surface area contributed by atoms with Gasteiger partial charge in [0.05, 0.1) is 25.4 Å². The Hall–Kier alpha value is -3.87. The normalized spacial score (nSPS) is 13.7. The molecule has 1 atom stereocenters. The van der Waals surface area contributed by atoms with Crippen LogP contribution in [0.2, 0.25) is 0 Å². The van der Waals surface area contributed by atoms with Gasteiger partial charge in [-0.05, 0) is 0 Å². The van der Waals surface area contributed by atoms with Gasteiger partial charge in [0.25, 0.3) is 0 Å². The number of nitrogens with one attached hydrogen (secondary N) is 2. The van der Waals surface area contributed by atoms with Crippen LogP contribution in [0.15, 0.2) is 35.7 Å². The van der Waals surface area contributed by atoms with Gasteiger partial charge < -0.3 is 25.3 Å². The van der Waals surface area contributed by atoms with Crippen LogP contribution in [0.25, 0.3) is 11.1 Å². The number of halogens is 2. The number of alkyl halides is 1. The Morgan fingerprint density at radius 1 is 1.38 bits per heavy atom. The predicted molar refractivity (Wildman–Crippen MR) is 110 cm³/mol. The molecule has 13 heteroatoms. The molecule has 0 saturated carbocycles. The number of amides is 1. The Morgan fingerprint density at radius 3 is 2.75 bits per heavy atom. The number of nitrogens with two attached hydrogens (primary N) is 1. The van der Waals surface area contributed by atoms with Crippen molar-refractivity contribution in [3.8, 4) is 11.1 Å². The lowest BCUT2D eigenvalue weighted by atomic mass is 10.1. The molecule has 0 bridgehead atoms. The minimum atomic E-state index is -1.48. The van der Waals surface area contributed by atoms with Gasteiger partial charge in [0.15, 0.2) is 18.7 Å². The number of ether oxygens (including phenoxy) is 1. The zero-order chi connectivity index (χ0) is 23.1. The van der Waals surface area contributed by atoms with Crippen molar-refractivity contribution in [1.82, 2.24) is 15.3 Å². The number of rotatable bonds is 8. The molecule has 32 heavy (non-hydrogen) atoms. The molecular weight excluding hydrogens is 428 g/mol. The van der Waals surface area contributed by atoms with E-state index >= 15 is 0 Å². The van der Waals surface area contributed by atoms with Gasteiger partial charge in [0.2, 0.25) is 5.95 Å². The monoisotopic (exact) mass is 449 g/mol. The average molecular weight is 449 g/mol. The van der Waals surface area contributed by atoms with Crippen LogP contribution < -0.4 is 16.0 Å². The lowest BCUT2D eigenvalue weighted by molar-refractivity contribution is 0.0554. The summed E-state index contributed by atoms with van der Waals surface area (Å²) in [5.41, 5.74) is 6.49. The molecule has 0 spiro atoms. The van der Waals surface area contributed by atoms with E-state index < -0.39 is 30.6 Å². The smallest absolute Gasteiger partial charge is 0.414 e. The first kappa shape index (κ1) is 22.8. The Kier molecular flexibility index (Phi) is 7.44. The maximum atomic E-state index is 14.8. The number of hydrogen-bond acceptors (Lipinski definition) is 9. The molecule has 1 unspecified atom stereocenters. The van der Waals surface area contributed by atoms with E-state index in [1.54, 1.807) is 17.0 Å². The highest BCUT2D eigenvalue weighted by Crippen LogP contribution is 2.26. The number of benzene rings is 1. The van der Waals surface area contributed by atoms with Gasteiger partial charge in [-0.3, -0.25) is 10.7 Å². The average Bonchev–Trinajstić information content (AvgIpc) is 2.74. The van der Waals surface area contributed by atoms with Gasteiger partial charge in [0.1, 0.15) is 12.4 Å². The molecule has 1 aromatic heterocycles. The molecule has 1 aliphatic heterocycles. The third-order valence-electron chi connectivity index (χ3n) is 4.30. The fourth-order valence-corrected chi connectivity index (χ4v) is 2.68. The summed E-state index contributed by atoms with van der Waals surface area (Å²) in [6.07, 6.45) is 0.494. The number of anilines is 1.